The van der Waals surface area contributed by atoms with Crippen LogP contribution in [0.25, 0.3) is 16.5 Å². The lowest BCUT2D eigenvalue weighted by atomic mass is 9.93. The van der Waals surface area contributed by atoms with Crippen LogP contribution in [0.5, 0.6) is 0 Å². The number of aliphatic imine (C=N–C) groups is 1. The van der Waals surface area contributed by atoms with E-state index in [1.807, 2.05) is 6.07 Å². The molecule has 3 aromatic rings. The van der Waals surface area contributed by atoms with Crippen LogP contribution in [0.2, 0.25) is 5.02 Å². The van der Waals surface area contributed by atoms with Gasteiger partial charge in [-0.15, -0.1) is 0 Å². The number of thioether (sulfide) groups is 1. The predicted octanol–water partition coefficient (Wildman–Crippen LogP) is 5.08. The first-order chi connectivity index (χ1) is 18.2. The summed E-state index contributed by atoms with van der Waals surface area (Å²) in [5.74, 6) is -0.448. The number of alkyl halides is 3. The van der Waals surface area contributed by atoms with Crippen LogP contribution in [0.4, 0.5) is 13.2 Å². The Bertz CT molecular complexity index is 1410. The Labute approximate surface area is 226 Å². The number of hydrogen-bond donors (Lipinski definition) is 1. The van der Waals surface area contributed by atoms with E-state index in [9.17, 15) is 18.0 Å². The van der Waals surface area contributed by atoms with E-state index in [-0.39, 0.29) is 17.0 Å². The first kappa shape index (κ1) is 26.7. The molecular formula is C26H25ClF3N5O2S. The minimum Gasteiger partial charge on any atom is -0.383 e. The molecule has 7 nitrogen and oxygen atoms in total. The summed E-state index contributed by atoms with van der Waals surface area (Å²) >= 11 is 7.13. The van der Waals surface area contributed by atoms with Crippen molar-refractivity contribution in [1.82, 2.24) is 20.0 Å². The third kappa shape index (κ3) is 5.75. The van der Waals surface area contributed by atoms with Crippen molar-refractivity contribution in [2.45, 2.75) is 12.6 Å². The van der Waals surface area contributed by atoms with Crippen LogP contribution in [0.15, 0.2) is 52.5 Å². The second-order valence-electron chi connectivity index (χ2n) is 9.08. The molecule has 200 valence electrons. The summed E-state index contributed by atoms with van der Waals surface area (Å²) in [5, 5.41) is 8.27. The molecule has 1 amide bonds. The second-order valence-corrected chi connectivity index (χ2v) is 10.5. The summed E-state index contributed by atoms with van der Waals surface area (Å²) in [7, 11) is 1.67. The summed E-state index contributed by atoms with van der Waals surface area (Å²) in [6.45, 7) is 4.48. The highest BCUT2D eigenvalue weighted by molar-refractivity contribution is 8.18. The summed E-state index contributed by atoms with van der Waals surface area (Å²) in [6.07, 6.45) is -3.07. The number of rotatable bonds is 6. The van der Waals surface area contributed by atoms with Gasteiger partial charge in [0.15, 0.2) is 5.17 Å². The van der Waals surface area contributed by atoms with Crippen LogP contribution in [-0.2, 0) is 22.1 Å². The van der Waals surface area contributed by atoms with Gasteiger partial charge in [-0.25, -0.2) is 0 Å². The Morgan fingerprint density at radius 1 is 1.16 bits per heavy atom. The molecule has 0 atom stereocenters. The number of carbonyl (C=O) groups excluding carboxylic acids is 1. The Morgan fingerprint density at radius 3 is 2.68 bits per heavy atom. The molecule has 0 unspecified atom stereocenters. The smallest absolute Gasteiger partial charge is 0.383 e. The van der Waals surface area contributed by atoms with Crippen molar-refractivity contribution < 1.29 is 22.7 Å². The molecule has 0 saturated carbocycles. The fourth-order valence-electron chi connectivity index (χ4n) is 4.61. The van der Waals surface area contributed by atoms with Crippen LogP contribution in [0.3, 0.4) is 0 Å². The zero-order chi connectivity index (χ0) is 26.9. The first-order valence-electron chi connectivity index (χ1n) is 12.0. The van der Waals surface area contributed by atoms with Crippen molar-refractivity contribution in [1.29, 1.82) is 0 Å². The number of ether oxygens (including phenoxy) is 1. The van der Waals surface area contributed by atoms with Gasteiger partial charge in [-0.2, -0.15) is 23.3 Å². The number of nitrogens with one attached hydrogen (secondary N) is 1. The summed E-state index contributed by atoms with van der Waals surface area (Å²) in [6, 6.07) is 9.13. The highest BCUT2D eigenvalue weighted by Gasteiger charge is 2.35. The molecule has 1 aromatic heterocycles. The molecule has 2 aromatic carbocycles. The van der Waals surface area contributed by atoms with Crippen molar-refractivity contribution in [3.63, 3.8) is 0 Å². The zero-order valence-electron chi connectivity index (χ0n) is 20.5. The Hall–Kier alpha value is -2.86. The Balaban J connectivity index is 1.49. The number of piperazine rings is 1. The van der Waals surface area contributed by atoms with Gasteiger partial charge in [-0.05, 0) is 59.1 Å². The van der Waals surface area contributed by atoms with Gasteiger partial charge in [-0.1, -0.05) is 23.7 Å². The van der Waals surface area contributed by atoms with Crippen molar-refractivity contribution in [3.05, 3.63) is 69.2 Å². The fraction of sp³-hybridized carbons (Fsp3) is 0.346. The topological polar surface area (TPSA) is 73.8 Å². The van der Waals surface area contributed by atoms with E-state index in [2.05, 4.69) is 25.0 Å². The number of amides is 1. The van der Waals surface area contributed by atoms with Crippen molar-refractivity contribution in [2.75, 3.05) is 46.4 Å². The van der Waals surface area contributed by atoms with Gasteiger partial charge in [-0.3, -0.25) is 14.8 Å². The van der Waals surface area contributed by atoms with Gasteiger partial charge in [0.1, 0.15) is 0 Å². The molecule has 12 heteroatoms. The molecular weight excluding hydrogens is 539 g/mol. The van der Waals surface area contributed by atoms with E-state index < -0.39 is 17.6 Å². The van der Waals surface area contributed by atoms with E-state index in [4.69, 9.17) is 16.3 Å². The highest BCUT2D eigenvalue weighted by atomic mass is 35.5. The normalized spacial score (nSPS) is 18.4. The van der Waals surface area contributed by atoms with E-state index in [0.717, 1.165) is 36.6 Å². The Kier molecular flexibility index (Phi) is 7.80. The van der Waals surface area contributed by atoms with Crippen LogP contribution in [0, 0.1) is 0 Å². The molecule has 0 radical (unpaired) electrons. The number of allylic oxidation sites excluding steroid dienone is 1. The number of aromatic nitrogens is 2. The zero-order valence-corrected chi connectivity index (χ0v) is 22.1. The lowest BCUT2D eigenvalue weighted by Crippen LogP contribution is -2.48. The van der Waals surface area contributed by atoms with Gasteiger partial charge in [0.2, 0.25) is 0 Å². The minimum absolute atomic E-state index is 0.00308. The molecule has 38 heavy (non-hydrogen) atoms. The van der Waals surface area contributed by atoms with E-state index in [0.29, 0.717) is 40.9 Å². The molecule has 2 aliphatic rings. The maximum absolute atomic E-state index is 13.9. The Morgan fingerprint density at radius 2 is 1.95 bits per heavy atom. The molecule has 5 rings (SSSR count). The third-order valence-electron chi connectivity index (χ3n) is 6.65. The average Bonchev–Trinajstić information content (AvgIpc) is 3.52. The number of fused-ring (bicyclic) bond motifs is 1. The van der Waals surface area contributed by atoms with Crippen LogP contribution in [-0.4, -0.2) is 77.5 Å². The third-order valence-corrected chi connectivity index (χ3v) is 8.04. The predicted molar refractivity (Wildman–Crippen MR) is 143 cm³/mol. The highest BCUT2D eigenvalue weighted by Crippen LogP contribution is 2.40. The molecule has 0 spiro atoms. The van der Waals surface area contributed by atoms with Gasteiger partial charge in [0.05, 0.1) is 28.8 Å². The van der Waals surface area contributed by atoms with Gasteiger partial charge >= 0.3 is 6.18 Å². The molecule has 0 aliphatic carbocycles. The number of hydrogen-bond acceptors (Lipinski definition) is 6. The number of amidine groups is 1. The number of H-pyrrole nitrogens is 1. The summed E-state index contributed by atoms with van der Waals surface area (Å²) in [5.41, 5.74) is 1.11. The van der Waals surface area contributed by atoms with Crippen molar-refractivity contribution in [2.24, 2.45) is 4.99 Å². The molecule has 2 aliphatic heterocycles. The maximum Gasteiger partial charge on any atom is 0.416 e. The number of carbonyl (C=O) groups is 1. The summed E-state index contributed by atoms with van der Waals surface area (Å²) < 4.78 is 46.9. The van der Waals surface area contributed by atoms with E-state index in [1.165, 1.54) is 23.9 Å². The van der Waals surface area contributed by atoms with Crippen LogP contribution >= 0.6 is 23.4 Å². The van der Waals surface area contributed by atoms with Gasteiger partial charge < -0.3 is 9.64 Å². The second kappa shape index (κ2) is 11.1. The van der Waals surface area contributed by atoms with Crippen LogP contribution < -0.4 is 0 Å². The van der Waals surface area contributed by atoms with Crippen molar-refractivity contribution in [3.8, 4) is 0 Å². The number of nitrogens with zero attached hydrogens (tertiary/aromatic N) is 4. The maximum atomic E-state index is 13.9. The van der Waals surface area contributed by atoms with E-state index >= 15 is 0 Å². The number of benzene rings is 2. The minimum atomic E-state index is -4.60. The average molecular weight is 564 g/mol. The standard InChI is InChI=1S/C26H25ClF3N5O2S/c1-37-11-10-34-6-8-35(9-7-34)25-32-24(36)23(38-25)20(16-3-5-22-18(12-16)15-31-33-22)13-17-2-4-19(27)14-21(17)26(28,29)30/h2-5,12,14-15H,6-11,13H2,1H3,(H,31,33). The number of aromatic amines is 1. The number of methoxy groups -OCH3 is 1. The molecule has 0 bridgehead atoms. The summed E-state index contributed by atoms with van der Waals surface area (Å²) in [4.78, 5) is 22.2. The van der Waals surface area contributed by atoms with Crippen molar-refractivity contribution >= 4 is 50.9 Å². The quantitative estimate of drug-likeness (QED) is 0.422. The fourth-order valence-corrected chi connectivity index (χ4v) is 5.85. The first-order valence-corrected chi connectivity index (χ1v) is 13.2. The molecule has 1 saturated heterocycles. The molecule has 1 N–H and O–H groups in total. The SMILES string of the molecule is COCCN1CCN(C2=NC(=O)C(=C(Cc3ccc(Cl)cc3C(F)(F)F)c3ccc4[nH]ncc4c3)S2)CC1. The lowest BCUT2D eigenvalue weighted by Gasteiger charge is -2.35. The molecule has 1 fully saturated rings. The van der Waals surface area contributed by atoms with Gasteiger partial charge in [0.25, 0.3) is 5.91 Å². The lowest BCUT2D eigenvalue weighted by molar-refractivity contribution is -0.138. The largest absolute Gasteiger partial charge is 0.416 e. The van der Waals surface area contributed by atoms with Gasteiger partial charge in [0, 0.05) is 50.2 Å². The van der Waals surface area contributed by atoms with Crippen LogP contribution in [0.1, 0.15) is 16.7 Å². The van der Waals surface area contributed by atoms with E-state index in [1.54, 1.807) is 25.4 Å². The molecule has 3 heterocycles. The number of halogens is 4. The monoisotopic (exact) mass is 563 g/mol.